The first-order chi connectivity index (χ1) is 14.1. The lowest BCUT2D eigenvalue weighted by molar-refractivity contribution is 0.0398. The van der Waals surface area contributed by atoms with Crippen molar-refractivity contribution in [1.82, 2.24) is 25.1 Å². The number of hydrogen-bond acceptors (Lipinski definition) is 7. The average molecular weight is 399 g/mol. The van der Waals surface area contributed by atoms with Crippen molar-refractivity contribution in [2.75, 3.05) is 71.9 Å². The van der Waals surface area contributed by atoms with Gasteiger partial charge in [-0.25, -0.2) is 9.97 Å². The maximum absolute atomic E-state index is 12.6. The molecule has 1 aliphatic rings. The Bertz CT molecular complexity index is 778. The van der Waals surface area contributed by atoms with Gasteiger partial charge in [0.1, 0.15) is 11.5 Å². The minimum Gasteiger partial charge on any atom is -0.379 e. The Balaban J connectivity index is 1.70. The summed E-state index contributed by atoms with van der Waals surface area (Å²) in [5, 5.41) is 6.27. The SMILES string of the molecule is CN(C)CCNC(=O)c1cc(NCCN2CCOCC2)nc(-c2ccccc2)n1. The zero-order valence-corrected chi connectivity index (χ0v) is 17.2. The van der Waals surface area contributed by atoms with E-state index in [1.807, 2.05) is 49.3 Å². The van der Waals surface area contributed by atoms with Gasteiger partial charge in [-0.2, -0.15) is 0 Å². The van der Waals surface area contributed by atoms with E-state index in [-0.39, 0.29) is 5.91 Å². The minimum absolute atomic E-state index is 0.192. The van der Waals surface area contributed by atoms with E-state index in [9.17, 15) is 4.79 Å². The van der Waals surface area contributed by atoms with Gasteiger partial charge in [0.2, 0.25) is 0 Å². The highest BCUT2D eigenvalue weighted by molar-refractivity contribution is 5.93. The van der Waals surface area contributed by atoms with Gasteiger partial charge in [-0.05, 0) is 14.1 Å². The third-order valence-electron chi connectivity index (χ3n) is 4.67. The Kier molecular flexibility index (Phi) is 7.92. The van der Waals surface area contributed by atoms with Gasteiger partial charge < -0.3 is 20.3 Å². The number of amides is 1. The topological polar surface area (TPSA) is 82.6 Å². The lowest BCUT2D eigenvalue weighted by Gasteiger charge is -2.26. The van der Waals surface area contributed by atoms with Gasteiger partial charge in [-0.15, -0.1) is 0 Å². The smallest absolute Gasteiger partial charge is 0.270 e. The van der Waals surface area contributed by atoms with Crippen LogP contribution in [0.15, 0.2) is 36.4 Å². The van der Waals surface area contributed by atoms with Crippen LogP contribution >= 0.6 is 0 Å². The summed E-state index contributed by atoms with van der Waals surface area (Å²) in [4.78, 5) is 26.1. The molecule has 2 aromatic rings. The monoisotopic (exact) mass is 398 g/mol. The molecule has 8 heteroatoms. The van der Waals surface area contributed by atoms with Crippen molar-refractivity contribution in [2.24, 2.45) is 0 Å². The van der Waals surface area contributed by atoms with Crippen LogP contribution in [0.1, 0.15) is 10.5 Å². The molecule has 0 bridgehead atoms. The second-order valence-corrected chi connectivity index (χ2v) is 7.27. The molecule has 2 N–H and O–H groups in total. The van der Waals surface area contributed by atoms with Crippen LogP contribution in [-0.4, -0.2) is 92.3 Å². The highest BCUT2D eigenvalue weighted by Gasteiger charge is 2.14. The number of anilines is 1. The standard InChI is InChI=1S/C21H30N6O2/c1-26(2)10-8-23-21(28)18-16-19(22-9-11-27-12-14-29-15-13-27)25-20(24-18)17-6-4-3-5-7-17/h3-7,16H,8-15H2,1-2H3,(H,23,28)(H,22,24,25). The normalized spacial score (nSPS) is 14.7. The summed E-state index contributed by atoms with van der Waals surface area (Å²) < 4.78 is 5.39. The van der Waals surface area contributed by atoms with Crippen molar-refractivity contribution in [3.63, 3.8) is 0 Å². The number of morpholine rings is 1. The summed E-state index contributed by atoms with van der Waals surface area (Å²) >= 11 is 0. The van der Waals surface area contributed by atoms with Crippen LogP contribution in [0.5, 0.6) is 0 Å². The lowest BCUT2D eigenvalue weighted by atomic mass is 10.2. The van der Waals surface area contributed by atoms with Gasteiger partial charge in [0, 0.05) is 50.9 Å². The van der Waals surface area contributed by atoms with Gasteiger partial charge >= 0.3 is 0 Å². The van der Waals surface area contributed by atoms with Gasteiger partial charge in [0.05, 0.1) is 13.2 Å². The first-order valence-electron chi connectivity index (χ1n) is 10.0. The molecule has 0 radical (unpaired) electrons. The highest BCUT2D eigenvalue weighted by Crippen LogP contribution is 2.18. The molecule has 0 spiro atoms. The van der Waals surface area contributed by atoms with Gasteiger partial charge in [-0.3, -0.25) is 9.69 Å². The zero-order valence-electron chi connectivity index (χ0n) is 17.2. The molecule has 1 amide bonds. The molecular weight excluding hydrogens is 368 g/mol. The van der Waals surface area contributed by atoms with Crippen LogP contribution < -0.4 is 10.6 Å². The molecule has 1 saturated heterocycles. The van der Waals surface area contributed by atoms with Crippen LogP contribution in [0, 0.1) is 0 Å². The highest BCUT2D eigenvalue weighted by atomic mass is 16.5. The molecule has 0 aliphatic carbocycles. The molecule has 1 aromatic carbocycles. The third kappa shape index (κ3) is 6.77. The molecule has 0 unspecified atom stereocenters. The van der Waals surface area contributed by atoms with Crippen LogP contribution in [0.2, 0.25) is 0 Å². The first-order valence-corrected chi connectivity index (χ1v) is 10.0. The van der Waals surface area contributed by atoms with E-state index in [4.69, 9.17) is 4.74 Å². The van der Waals surface area contributed by atoms with Crippen LogP contribution in [-0.2, 0) is 4.74 Å². The number of benzene rings is 1. The van der Waals surface area contributed by atoms with Gasteiger partial charge in [0.25, 0.3) is 5.91 Å². The summed E-state index contributed by atoms with van der Waals surface area (Å²) in [6.07, 6.45) is 0. The molecule has 3 rings (SSSR count). The van der Waals surface area contributed by atoms with E-state index >= 15 is 0 Å². The maximum Gasteiger partial charge on any atom is 0.270 e. The molecule has 0 saturated carbocycles. The largest absolute Gasteiger partial charge is 0.379 e. The lowest BCUT2D eigenvalue weighted by Crippen LogP contribution is -2.39. The van der Waals surface area contributed by atoms with Crippen molar-refractivity contribution in [2.45, 2.75) is 0 Å². The number of ether oxygens (including phenoxy) is 1. The van der Waals surface area contributed by atoms with Crippen molar-refractivity contribution in [3.05, 3.63) is 42.1 Å². The van der Waals surface area contributed by atoms with E-state index in [0.717, 1.165) is 51.5 Å². The summed E-state index contributed by atoms with van der Waals surface area (Å²) in [5.74, 6) is 1.01. The fourth-order valence-electron chi connectivity index (χ4n) is 3.02. The Labute approximate surface area is 172 Å². The second kappa shape index (κ2) is 10.8. The van der Waals surface area contributed by atoms with E-state index in [0.29, 0.717) is 23.9 Å². The number of carbonyl (C=O) groups is 1. The summed E-state index contributed by atoms with van der Waals surface area (Å²) in [6, 6.07) is 11.4. The maximum atomic E-state index is 12.6. The fourth-order valence-corrected chi connectivity index (χ4v) is 3.02. The summed E-state index contributed by atoms with van der Waals surface area (Å²) in [6.45, 7) is 6.43. The predicted molar refractivity (Wildman–Crippen MR) is 114 cm³/mol. The zero-order chi connectivity index (χ0) is 20.5. The summed E-state index contributed by atoms with van der Waals surface area (Å²) in [7, 11) is 3.95. The Morgan fingerprint density at radius 1 is 1.14 bits per heavy atom. The van der Waals surface area contributed by atoms with Crippen LogP contribution in [0.4, 0.5) is 5.82 Å². The molecule has 0 atom stereocenters. The number of aromatic nitrogens is 2. The van der Waals surface area contributed by atoms with E-state index < -0.39 is 0 Å². The van der Waals surface area contributed by atoms with Gasteiger partial charge in [-0.1, -0.05) is 30.3 Å². The quantitative estimate of drug-likeness (QED) is 0.656. The predicted octanol–water partition coefficient (Wildman–Crippen LogP) is 1.18. The average Bonchev–Trinajstić information content (AvgIpc) is 2.74. The van der Waals surface area contributed by atoms with Crippen molar-refractivity contribution >= 4 is 11.7 Å². The number of carbonyl (C=O) groups excluding carboxylic acids is 1. The molecular formula is C21H30N6O2. The Morgan fingerprint density at radius 3 is 2.62 bits per heavy atom. The Morgan fingerprint density at radius 2 is 1.90 bits per heavy atom. The number of hydrogen-bond donors (Lipinski definition) is 2. The van der Waals surface area contributed by atoms with Gasteiger partial charge in [0.15, 0.2) is 5.82 Å². The van der Waals surface area contributed by atoms with Crippen molar-refractivity contribution in [1.29, 1.82) is 0 Å². The van der Waals surface area contributed by atoms with E-state index in [1.165, 1.54) is 0 Å². The van der Waals surface area contributed by atoms with Crippen molar-refractivity contribution < 1.29 is 9.53 Å². The second-order valence-electron chi connectivity index (χ2n) is 7.27. The minimum atomic E-state index is -0.192. The molecule has 2 heterocycles. The number of rotatable bonds is 9. The Hall–Kier alpha value is -2.55. The molecule has 1 aliphatic heterocycles. The number of nitrogens with one attached hydrogen (secondary N) is 2. The molecule has 1 aromatic heterocycles. The molecule has 1 fully saturated rings. The van der Waals surface area contributed by atoms with Crippen LogP contribution in [0.3, 0.4) is 0 Å². The number of nitrogens with zero attached hydrogens (tertiary/aromatic N) is 4. The van der Waals surface area contributed by atoms with Crippen LogP contribution in [0.25, 0.3) is 11.4 Å². The number of likely N-dealkylation sites (N-methyl/N-ethyl adjacent to an activating group) is 1. The molecule has 8 nitrogen and oxygen atoms in total. The van der Waals surface area contributed by atoms with E-state index in [2.05, 4.69) is 25.5 Å². The van der Waals surface area contributed by atoms with Crippen molar-refractivity contribution in [3.8, 4) is 11.4 Å². The molecule has 156 valence electrons. The van der Waals surface area contributed by atoms with E-state index in [1.54, 1.807) is 6.07 Å². The molecule has 29 heavy (non-hydrogen) atoms. The first kappa shape index (κ1) is 21.2. The third-order valence-corrected chi connectivity index (χ3v) is 4.67. The fraction of sp³-hybridized carbons (Fsp3) is 0.476. The summed E-state index contributed by atoms with van der Waals surface area (Å²) in [5.41, 5.74) is 1.25.